The average molecular weight is 253 g/mol. The first-order chi connectivity index (χ1) is 7.98. The van der Waals surface area contributed by atoms with Crippen LogP contribution in [0.5, 0.6) is 0 Å². The highest BCUT2D eigenvalue weighted by Crippen LogP contribution is 2.15. The van der Waals surface area contributed by atoms with Crippen LogP contribution in [0.25, 0.3) is 0 Å². The summed E-state index contributed by atoms with van der Waals surface area (Å²) in [5.41, 5.74) is 2.17. The van der Waals surface area contributed by atoms with Crippen molar-refractivity contribution in [2.45, 2.75) is 13.8 Å². The normalized spacial score (nSPS) is 10.5. The average Bonchev–Trinajstić information content (AvgIpc) is 2.27. The van der Waals surface area contributed by atoms with Gasteiger partial charge in [-0.1, -0.05) is 11.8 Å². The second-order valence-corrected chi connectivity index (χ2v) is 5.51. The Labute approximate surface area is 102 Å². The Morgan fingerprint density at radius 1 is 1.41 bits per heavy atom. The Hall–Kier alpha value is -1.51. The third-order valence-electron chi connectivity index (χ3n) is 2.18. The van der Waals surface area contributed by atoms with Crippen LogP contribution in [0.15, 0.2) is 18.2 Å². The third kappa shape index (κ3) is 4.10. The molecule has 0 unspecified atom stereocenters. The summed E-state index contributed by atoms with van der Waals surface area (Å²) in [6, 6.07) is 5.10. The molecule has 0 aliphatic rings. The maximum atomic E-state index is 11.4. The molecule has 0 radical (unpaired) electrons. The Kier molecular flexibility index (Phi) is 4.55. The van der Waals surface area contributed by atoms with Crippen LogP contribution in [0.4, 0.5) is 5.69 Å². The molecule has 0 saturated carbocycles. The van der Waals surface area contributed by atoms with Gasteiger partial charge < -0.3 is 5.11 Å². The lowest BCUT2D eigenvalue weighted by Gasteiger charge is -2.07. The van der Waals surface area contributed by atoms with Crippen molar-refractivity contribution < 1.29 is 13.5 Å². The molecular weight excluding hydrogens is 238 g/mol. The van der Waals surface area contributed by atoms with Crippen molar-refractivity contribution in [2.24, 2.45) is 0 Å². The molecule has 1 aromatic rings. The van der Waals surface area contributed by atoms with Crippen molar-refractivity contribution in [3.63, 3.8) is 0 Å². The maximum Gasteiger partial charge on any atom is 0.232 e. The molecule has 0 bridgehead atoms. The molecule has 0 spiro atoms. The lowest BCUT2D eigenvalue weighted by molar-refractivity contribution is 0.350. The van der Waals surface area contributed by atoms with Crippen LogP contribution in [0.1, 0.15) is 18.1 Å². The van der Waals surface area contributed by atoms with Crippen LogP contribution < -0.4 is 4.72 Å². The van der Waals surface area contributed by atoms with E-state index in [1.807, 2.05) is 6.92 Å². The molecule has 0 saturated heterocycles. The van der Waals surface area contributed by atoms with Crippen molar-refractivity contribution in [3.8, 4) is 11.8 Å². The number of aliphatic hydroxyl groups is 1. The highest BCUT2D eigenvalue weighted by Gasteiger charge is 2.07. The number of hydrogen-bond donors (Lipinski definition) is 2. The predicted molar refractivity (Wildman–Crippen MR) is 68.2 cm³/mol. The lowest BCUT2D eigenvalue weighted by Crippen LogP contribution is -2.14. The van der Waals surface area contributed by atoms with E-state index < -0.39 is 10.0 Å². The van der Waals surface area contributed by atoms with Crippen molar-refractivity contribution >= 4 is 15.7 Å². The molecule has 17 heavy (non-hydrogen) atoms. The zero-order valence-electron chi connectivity index (χ0n) is 9.82. The van der Waals surface area contributed by atoms with Gasteiger partial charge in [-0.25, -0.2) is 8.42 Å². The summed E-state index contributed by atoms with van der Waals surface area (Å²) in [6.07, 6.45) is 0. The Bertz CT molecular complexity index is 553. The molecule has 0 amide bonds. The van der Waals surface area contributed by atoms with Gasteiger partial charge in [-0.2, -0.15) is 0 Å². The van der Waals surface area contributed by atoms with Gasteiger partial charge in [0.15, 0.2) is 0 Å². The first kappa shape index (κ1) is 13.6. The standard InChI is InChI=1S/C12H15NO3S/c1-3-17(15,16)13-12-7-6-11(5-4-8-14)10(2)9-12/h6-7,9,13-14H,3,8H2,1-2H3. The van der Waals surface area contributed by atoms with Crippen molar-refractivity contribution in [3.05, 3.63) is 29.3 Å². The van der Waals surface area contributed by atoms with E-state index in [-0.39, 0.29) is 12.4 Å². The largest absolute Gasteiger partial charge is 0.384 e. The molecule has 5 heteroatoms. The van der Waals surface area contributed by atoms with Crippen molar-refractivity contribution in [1.82, 2.24) is 0 Å². The number of anilines is 1. The zero-order chi connectivity index (χ0) is 12.9. The van der Waals surface area contributed by atoms with Gasteiger partial charge in [0, 0.05) is 11.3 Å². The number of rotatable bonds is 3. The molecule has 1 aromatic carbocycles. The van der Waals surface area contributed by atoms with Gasteiger partial charge in [0.2, 0.25) is 10.0 Å². The number of aryl methyl sites for hydroxylation is 1. The van der Waals surface area contributed by atoms with Gasteiger partial charge in [0.05, 0.1) is 5.75 Å². The molecule has 0 aromatic heterocycles. The van der Waals surface area contributed by atoms with E-state index in [0.717, 1.165) is 11.1 Å². The maximum absolute atomic E-state index is 11.4. The van der Waals surface area contributed by atoms with E-state index in [1.54, 1.807) is 25.1 Å². The van der Waals surface area contributed by atoms with Gasteiger partial charge in [0.1, 0.15) is 6.61 Å². The quantitative estimate of drug-likeness (QED) is 0.793. The van der Waals surface area contributed by atoms with Crippen LogP contribution in [0.3, 0.4) is 0 Å². The van der Waals surface area contributed by atoms with E-state index in [0.29, 0.717) is 5.69 Å². The fourth-order valence-electron chi connectivity index (χ4n) is 1.25. The summed E-state index contributed by atoms with van der Waals surface area (Å²) in [6.45, 7) is 3.23. The lowest BCUT2D eigenvalue weighted by atomic mass is 10.1. The van der Waals surface area contributed by atoms with Crippen LogP contribution in [-0.4, -0.2) is 25.9 Å². The van der Waals surface area contributed by atoms with Gasteiger partial charge in [-0.15, -0.1) is 0 Å². The second-order valence-electron chi connectivity index (χ2n) is 3.50. The van der Waals surface area contributed by atoms with E-state index in [9.17, 15) is 8.42 Å². The number of sulfonamides is 1. The minimum atomic E-state index is -3.25. The van der Waals surface area contributed by atoms with Crippen molar-refractivity contribution in [1.29, 1.82) is 0 Å². The summed E-state index contributed by atoms with van der Waals surface area (Å²) in [7, 11) is -3.25. The number of aliphatic hydroxyl groups excluding tert-OH is 1. The Balaban J connectivity index is 2.97. The van der Waals surface area contributed by atoms with Gasteiger partial charge >= 0.3 is 0 Å². The highest BCUT2D eigenvalue weighted by molar-refractivity contribution is 7.92. The summed E-state index contributed by atoms with van der Waals surface area (Å²) >= 11 is 0. The van der Waals surface area contributed by atoms with Gasteiger partial charge in [-0.3, -0.25) is 4.72 Å². The first-order valence-electron chi connectivity index (χ1n) is 5.19. The number of nitrogens with one attached hydrogen (secondary N) is 1. The fourth-order valence-corrected chi connectivity index (χ4v) is 1.88. The summed E-state index contributed by atoms with van der Waals surface area (Å²) in [4.78, 5) is 0. The molecule has 92 valence electrons. The molecule has 0 aliphatic heterocycles. The second kappa shape index (κ2) is 5.71. The molecule has 0 atom stereocenters. The molecule has 0 aliphatic carbocycles. The van der Waals surface area contributed by atoms with Gasteiger partial charge in [0.25, 0.3) is 0 Å². The van der Waals surface area contributed by atoms with E-state index in [2.05, 4.69) is 16.6 Å². The Morgan fingerprint density at radius 2 is 2.12 bits per heavy atom. The molecular formula is C12H15NO3S. The van der Waals surface area contributed by atoms with Crippen molar-refractivity contribution in [2.75, 3.05) is 17.1 Å². The summed E-state index contributed by atoms with van der Waals surface area (Å²) in [5.74, 6) is 5.38. The molecule has 2 N–H and O–H groups in total. The topological polar surface area (TPSA) is 66.4 Å². The minimum Gasteiger partial charge on any atom is -0.384 e. The highest BCUT2D eigenvalue weighted by atomic mass is 32.2. The van der Waals surface area contributed by atoms with Crippen LogP contribution in [0, 0.1) is 18.8 Å². The van der Waals surface area contributed by atoms with Crippen LogP contribution >= 0.6 is 0 Å². The monoisotopic (exact) mass is 253 g/mol. The molecule has 4 nitrogen and oxygen atoms in total. The summed E-state index contributed by atoms with van der Waals surface area (Å²) < 4.78 is 25.2. The summed E-state index contributed by atoms with van der Waals surface area (Å²) in [5, 5.41) is 8.59. The SMILES string of the molecule is CCS(=O)(=O)Nc1ccc(C#CCO)c(C)c1. The van der Waals surface area contributed by atoms with E-state index in [1.165, 1.54) is 0 Å². The minimum absolute atomic E-state index is 0.0398. The molecule has 0 fully saturated rings. The van der Waals surface area contributed by atoms with Crippen LogP contribution in [-0.2, 0) is 10.0 Å². The molecule has 1 rings (SSSR count). The van der Waals surface area contributed by atoms with Crippen LogP contribution in [0.2, 0.25) is 0 Å². The number of benzene rings is 1. The smallest absolute Gasteiger partial charge is 0.232 e. The zero-order valence-corrected chi connectivity index (χ0v) is 10.6. The number of hydrogen-bond acceptors (Lipinski definition) is 3. The predicted octanol–water partition coefficient (Wildman–Crippen LogP) is 1.10. The van der Waals surface area contributed by atoms with E-state index >= 15 is 0 Å². The fraction of sp³-hybridized carbons (Fsp3) is 0.333. The Morgan fingerprint density at radius 3 is 2.65 bits per heavy atom. The third-order valence-corrected chi connectivity index (χ3v) is 3.49. The van der Waals surface area contributed by atoms with E-state index in [4.69, 9.17) is 5.11 Å². The molecule has 0 heterocycles. The van der Waals surface area contributed by atoms with Gasteiger partial charge in [-0.05, 0) is 37.6 Å². The first-order valence-corrected chi connectivity index (χ1v) is 6.84.